The Bertz CT molecular complexity index is 546. The van der Waals surface area contributed by atoms with Crippen molar-refractivity contribution in [2.45, 2.75) is 26.3 Å². The van der Waals surface area contributed by atoms with Crippen molar-refractivity contribution in [1.82, 2.24) is 10.2 Å². The lowest BCUT2D eigenvalue weighted by atomic mass is 10.1. The van der Waals surface area contributed by atoms with Gasteiger partial charge in [0.2, 0.25) is 5.91 Å². The van der Waals surface area contributed by atoms with Crippen LogP contribution in [0.5, 0.6) is 5.75 Å². The van der Waals surface area contributed by atoms with Gasteiger partial charge in [0.25, 0.3) is 0 Å². The first-order valence-corrected chi connectivity index (χ1v) is 9.24. The highest BCUT2D eigenvalue weighted by atomic mass is 32.2. The number of urea groups is 1. The van der Waals surface area contributed by atoms with E-state index < -0.39 is 12.1 Å². The van der Waals surface area contributed by atoms with Crippen molar-refractivity contribution in [1.29, 1.82) is 0 Å². The molecule has 1 unspecified atom stereocenters. The lowest BCUT2D eigenvalue weighted by molar-refractivity contribution is -0.132. The third kappa shape index (κ3) is 7.12. The fourth-order valence-electron chi connectivity index (χ4n) is 2.36. The largest absolute Gasteiger partial charge is 0.492 e. The van der Waals surface area contributed by atoms with Gasteiger partial charge in [0.05, 0.1) is 6.54 Å². The number of nitrogens with zero attached hydrogens (tertiary/aromatic N) is 1. The quantitative estimate of drug-likeness (QED) is 0.710. The summed E-state index contributed by atoms with van der Waals surface area (Å²) in [6.45, 7) is 4.85. The molecule has 1 aromatic carbocycles. The molecule has 0 radical (unpaired) electrons. The molecular formula is C17H27N3O3S. The molecule has 7 heteroatoms. The van der Waals surface area contributed by atoms with E-state index in [2.05, 4.69) is 11.4 Å². The van der Waals surface area contributed by atoms with Gasteiger partial charge < -0.3 is 20.7 Å². The molecule has 0 aliphatic heterocycles. The fourth-order valence-corrected chi connectivity index (χ4v) is 2.83. The van der Waals surface area contributed by atoms with Crippen LogP contribution in [0, 0.1) is 13.8 Å². The highest BCUT2D eigenvalue weighted by molar-refractivity contribution is 7.98. The van der Waals surface area contributed by atoms with Crippen LogP contribution in [-0.2, 0) is 4.79 Å². The summed E-state index contributed by atoms with van der Waals surface area (Å²) in [7, 11) is 1.70. The number of hydrogen-bond donors (Lipinski definition) is 2. The van der Waals surface area contributed by atoms with Crippen LogP contribution in [0.25, 0.3) is 0 Å². The van der Waals surface area contributed by atoms with Gasteiger partial charge in [-0.1, -0.05) is 6.07 Å². The zero-order valence-corrected chi connectivity index (χ0v) is 15.6. The number of benzene rings is 1. The van der Waals surface area contributed by atoms with Crippen molar-refractivity contribution < 1.29 is 14.3 Å². The first kappa shape index (κ1) is 20.2. The van der Waals surface area contributed by atoms with Crippen LogP contribution in [-0.4, -0.2) is 55.1 Å². The minimum absolute atomic E-state index is 0.160. The second-order valence-corrected chi connectivity index (χ2v) is 6.76. The summed E-state index contributed by atoms with van der Waals surface area (Å²) in [6.07, 6.45) is 2.50. The standard InChI is InChI=1S/C17H27N3O3S/c1-12-9-13(2)11-14(10-12)23-7-6-20(3)16(21)15(5-8-24-4)19-17(18)22/h9-11,15H,5-8H2,1-4H3,(H3,18,19,22). The van der Waals surface area contributed by atoms with E-state index in [1.54, 1.807) is 23.7 Å². The third-order valence-electron chi connectivity index (χ3n) is 3.49. The van der Waals surface area contributed by atoms with E-state index in [-0.39, 0.29) is 5.91 Å². The van der Waals surface area contributed by atoms with Gasteiger partial charge in [0.15, 0.2) is 0 Å². The van der Waals surface area contributed by atoms with Gasteiger partial charge in [-0.25, -0.2) is 4.79 Å². The van der Waals surface area contributed by atoms with Gasteiger partial charge in [-0.05, 0) is 55.5 Å². The Hall–Kier alpha value is -1.89. The number of amides is 3. The number of rotatable bonds is 9. The normalized spacial score (nSPS) is 11.7. The topological polar surface area (TPSA) is 84.7 Å². The molecule has 0 spiro atoms. The number of nitrogens with two attached hydrogens (primary N) is 1. The molecule has 0 fully saturated rings. The molecular weight excluding hydrogens is 326 g/mol. The molecule has 1 rings (SSSR count). The van der Waals surface area contributed by atoms with Gasteiger partial charge in [0.1, 0.15) is 18.4 Å². The molecule has 0 aliphatic carbocycles. The number of carbonyl (C=O) groups excluding carboxylic acids is 2. The van der Waals surface area contributed by atoms with E-state index in [4.69, 9.17) is 10.5 Å². The Morgan fingerprint density at radius 2 is 1.92 bits per heavy atom. The van der Waals surface area contributed by atoms with Crippen LogP contribution in [0.4, 0.5) is 4.79 Å². The second-order valence-electron chi connectivity index (χ2n) is 5.77. The second kappa shape index (κ2) is 10.1. The minimum Gasteiger partial charge on any atom is -0.492 e. The number of likely N-dealkylation sites (N-methyl/N-ethyl adjacent to an activating group) is 1. The maximum atomic E-state index is 12.4. The molecule has 3 amide bonds. The molecule has 1 aromatic rings. The number of carbonyl (C=O) groups is 2. The highest BCUT2D eigenvalue weighted by Gasteiger charge is 2.22. The van der Waals surface area contributed by atoms with E-state index >= 15 is 0 Å². The molecule has 0 saturated carbocycles. The van der Waals surface area contributed by atoms with Crippen LogP contribution in [0.1, 0.15) is 17.5 Å². The molecule has 6 nitrogen and oxygen atoms in total. The van der Waals surface area contributed by atoms with E-state index in [0.717, 1.165) is 22.6 Å². The van der Waals surface area contributed by atoms with Crippen molar-refractivity contribution in [3.63, 3.8) is 0 Å². The maximum Gasteiger partial charge on any atom is 0.312 e. The smallest absolute Gasteiger partial charge is 0.312 e. The van der Waals surface area contributed by atoms with Crippen molar-refractivity contribution in [2.24, 2.45) is 5.73 Å². The van der Waals surface area contributed by atoms with Crippen LogP contribution >= 0.6 is 11.8 Å². The van der Waals surface area contributed by atoms with Crippen molar-refractivity contribution in [3.8, 4) is 5.75 Å². The van der Waals surface area contributed by atoms with Crippen molar-refractivity contribution >= 4 is 23.7 Å². The number of thioether (sulfide) groups is 1. The molecule has 0 aromatic heterocycles. The number of hydrogen-bond acceptors (Lipinski definition) is 4. The molecule has 1 atom stereocenters. The van der Waals surface area contributed by atoms with E-state index in [0.29, 0.717) is 19.6 Å². The summed E-state index contributed by atoms with van der Waals surface area (Å²) in [5, 5.41) is 2.51. The molecule has 0 bridgehead atoms. The Morgan fingerprint density at radius 3 is 2.46 bits per heavy atom. The van der Waals surface area contributed by atoms with Gasteiger partial charge in [-0.3, -0.25) is 4.79 Å². The predicted octanol–water partition coefficient (Wildman–Crippen LogP) is 1.93. The number of aryl methyl sites for hydroxylation is 2. The molecule has 0 heterocycles. The van der Waals surface area contributed by atoms with Crippen LogP contribution in [0.15, 0.2) is 18.2 Å². The minimum atomic E-state index is -0.686. The van der Waals surface area contributed by atoms with Crippen LogP contribution in [0.3, 0.4) is 0 Å². The Kier molecular flexibility index (Phi) is 8.46. The molecule has 134 valence electrons. The summed E-state index contributed by atoms with van der Waals surface area (Å²) in [6, 6.07) is 4.72. The molecule has 3 N–H and O–H groups in total. The summed E-state index contributed by atoms with van der Waals surface area (Å²) < 4.78 is 5.72. The number of ether oxygens (including phenoxy) is 1. The first-order chi connectivity index (χ1) is 11.3. The number of nitrogens with one attached hydrogen (secondary N) is 1. The monoisotopic (exact) mass is 353 g/mol. The summed E-state index contributed by atoms with van der Waals surface area (Å²) in [5.41, 5.74) is 7.43. The molecule has 0 saturated heterocycles. The van der Waals surface area contributed by atoms with E-state index in [1.165, 1.54) is 0 Å². The lowest BCUT2D eigenvalue weighted by Gasteiger charge is -2.24. The van der Waals surface area contributed by atoms with Gasteiger partial charge in [-0.2, -0.15) is 11.8 Å². The molecule has 24 heavy (non-hydrogen) atoms. The summed E-state index contributed by atoms with van der Waals surface area (Å²) in [5.74, 6) is 1.40. The fraction of sp³-hybridized carbons (Fsp3) is 0.529. The summed E-state index contributed by atoms with van der Waals surface area (Å²) in [4.78, 5) is 25.1. The van der Waals surface area contributed by atoms with E-state index in [1.807, 2.05) is 32.2 Å². The van der Waals surface area contributed by atoms with Gasteiger partial charge in [-0.15, -0.1) is 0 Å². The average Bonchev–Trinajstić information content (AvgIpc) is 2.49. The lowest BCUT2D eigenvalue weighted by Crippen LogP contribution is -2.50. The third-order valence-corrected chi connectivity index (χ3v) is 4.14. The predicted molar refractivity (Wildman–Crippen MR) is 98.6 cm³/mol. The van der Waals surface area contributed by atoms with Crippen LogP contribution < -0.4 is 15.8 Å². The van der Waals surface area contributed by atoms with Gasteiger partial charge in [0, 0.05) is 7.05 Å². The van der Waals surface area contributed by atoms with Crippen molar-refractivity contribution in [3.05, 3.63) is 29.3 Å². The SMILES string of the molecule is CSCCC(NC(N)=O)C(=O)N(C)CCOc1cc(C)cc(C)c1. The van der Waals surface area contributed by atoms with E-state index in [9.17, 15) is 9.59 Å². The Labute approximate surface area is 148 Å². The zero-order chi connectivity index (χ0) is 18.1. The highest BCUT2D eigenvalue weighted by Crippen LogP contribution is 2.16. The molecule has 0 aliphatic rings. The first-order valence-electron chi connectivity index (χ1n) is 7.84. The summed E-state index contributed by atoms with van der Waals surface area (Å²) >= 11 is 1.62. The average molecular weight is 353 g/mol. The Morgan fingerprint density at radius 1 is 1.29 bits per heavy atom. The number of primary amides is 1. The van der Waals surface area contributed by atoms with Crippen molar-refractivity contribution in [2.75, 3.05) is 32.2 Å². The maximum absolute atomic E-state index is 12.4. The van der Waals surface area contributed by atoms with Gasteiger partial charge >= 0.3 is 6.03 Å². The zero-order valence-electron chi connectivity index (χ0n) is 14.8. The Balaban J connectivity index is 2.53. The van der Waals surface area contributed by atoms with Crippen LogP contribution in [0.2, 0.25) is 0 Å².